The maximum atomic E-state index is 6.16. The molecule has 0 amide bonds. The topological polar surface area (TPSA) is 41.3 Å². The smallest absolute Gasteiger partial charge is 0.0636 e. The van der Waals surface area contributed by atoms with Crippen LogP contribution in [0.5, 0.6) is 0 Å². The van der Waals surface area contributed by atoms with E-state index < -0.39 is 0 Å². The number of likely N-dealkylation sites (tertiary alicyclic amines) is 1. The maximum absolute atomic E-state index is 6.16. The summed E-state index contributed by atoms with van der Waals surface area (Å²) in [4.78, 5) is 2.34. The summed E-state index contributed by atoms with van der Waals surface area (Å²) in [5.41, 5.74) is 8.10. The van der Waals surface area contributed by atoms with E-state index in [1.807, 2.05) is 19.1 Å². The second kappa shape index (κ2) is 5.08. The maximum Gasteiger partial charge on any atom is 0.0636 e. The molecule has 0 radical (unpaired) electrons. The normalized spacial score (nSPS) is 28.6. The Labute approximate surface area is 114 Å². The number of nitrogens with one attached hydrogen (secondary N) is 1. The Kier molecular flexibility index (Phi) is 3.85. The van der Waals surface area contributed by atoms with Crippen molar-refractivity contribution >= 4 is 17.3 Å². The van der Waals surface area contributed by atoms with Crippen molar-refractivity contribution in [1.29, 1.82) is 0 Å². The Hall–Kier alpha value is -0.770. The van der Waals surface area contributed by atoms with Crippen molar-refractivity contribution in [3.05, 3.63) is 28.8 Å². The zero-order valence-corrected chi connectivity index (χ0v) is 12.1. The second-order valence-corrected chi connectivity index (χ2v) is 5.95. The van der Waals surface area contributed by atoms with Crippen molar-refractivity contribution in [2.45, 2.75) is 31.8 Å². The van der Waals surface area contributed by atoms with E-state index in [4.69, 9.17) is 17.3 Å². The summed E-state index contributed by atoms with van der Waals surface area (Å²) in [7, 11) is 2.14. The molecule has 3 nitrogen and oxygen atoms in total. The summed E-state index contributed by atoms with van der Waals surface area (Å²) in [5.74, 6) is 0. The first-order valence-corrected chi connectivity index (χ1v) is 6.78. The van der Waals surface area contributed by atoms with Crippen molar-refractivity contribution in [3.63, 3.8) is 0 Å². The van der Waals surface area contributed by atoms with Gasteiger partial charge in [0.15, 0.2) is 0 Å². The van der Waals surface area contributed by atoms with Crippen LogP contribution in [0.2, 0.25) is 5.02 Å². The highest BCUT2D eigenvalue weighted by molar-refractivity contribution is 6.31. The predicted molar refractivity (Wildman–Crippen MR) is 78.3 cm³/mol. The van der Waals surface area contributed by atoms with Gasteiger partial charge in [0.25, 0.3) is 0 Å². The van der Waals surface area contributed by atoms with Crippen LogP contribution < -0.4 is 11.1 Å². The average molecular weight is 268 g/mol. The SMILES string of the molecule is Cc1ccc(NC2(CN)CC(C)N(C)C2)cc1Cl. The quantitative estimate of drug-likeness (QED) is 0.884. The van der Waals surface area contributed by atoms with Gasteiger partial charge in [-0.25, -0.2) is 0 Å². The van der Waals surface area contributed by atoms with Crippen LogP contribution in [-0.2, 0) is 0 Å². The van der Waals surface area contributed by atoms with Gasteiger partial charge in [0.05, 0.1) is 5.54 Å². The lowest BCUT2D eigenvalue weighted by atomic mass is 9.96. The first kappa shape index (κ1) is 13.7. The molecule has 0 saturated carbocycles. The summed E-state index contributed by atoms with van der Waals surface area (Å²) in [6, 6.07) is 6.65. The fourth-order valence-electron chi connectivity index (χ4n) is 2.69. The van der Waals surface area contributed by atoms with E-state index in [0.717, 1.165) is 29.2 Å². The molecular formula is C14H22ClN3. The van der Waals surface area contributed by atoms with Crippen LogP contribution in [0.3, 0.4) is 0 Å². The van der Waals surface area contributed by atoms with Gasteiger partial charge in [-0.2, -0.15) is 0 Å². The molecule has 1 saturated heterocycles. The Bertz CT molecular complexity index is 423. The summed E-state index contributed by atoms with van der Waals surface area (Å²) >= 11 is 6.16. The average Bonchev–Trinajstić information content (AvgIpc) is 2.60. The highest BCUT2D eigenvalue weighted by Gasteiger charge is 2.39. The lowest BCUT2D eigenvalue weighted by molar-refractivity contribution is 0.323. The van der Waals surface area contributed by atoms with E-state index in [9.17, 15) is 0 Å². The minimum absolute atomic E-state index is 0.0350. The molecule has 100 valence electrons. The summed E-state index contributed by atoms with van der Waals surface area (Å²) < 4.78 is 0. The largest absolute Gasteiger partial charge is 0.377 e. The summed E-state index contributed by atoms with van der Waals surface area (Å²) in [6.07, 6.45) is 1.06. The molecule has 1 heterocycles. The first-order chi connectivity index (χ1) is 8.46. The minimum atomic E-state index is -0.0350. The van der Waals surface area contributed by atoms with Crippen LogP contribution in [0, 0.1) is 6.92 Å². The monoisotopic (exact) mass is 267 g/mol. The molecule has 0 spiro atoms. The van der Waals surface area contributed by atoms with E-state index in [2.05, 4.69) is 30.3 Å². The van der Waals surface area contributed by atoms with E-state index in [-0.39, 0.29) is 5.54 Å². The van der Waals surface area contributed by atoms with Gasteiger partial charge in [-0.15, -0.1) is 0 Å². The molecular weight excluding hydrogens is 246 g/mol. The number of hydrogen-bond donors (Lipinski definition) is 2. The van der Waals surface area contributed by atoms with Crippen molar-refractivity contribution in [3.8, 4) is 0 Å². The third-order valence-electron chi connectivity index (χ3n) is 3.96. The summed E-state index contributed by atoms with van der Waals surface area (Å²) in [5, 5.41) is 4.38. The fraction of sp³-hybridized carbons (Fsp3) is 0.571. The molecule has 1 aromatic rings. The molecule has 4 heteroatoms. The van der Waals surface area contributed by atoms with Crippen LogP contribution in [0.25, 0.3) is 0 Å². The van der Waals surface area contributed by atoms with Crippen molar-refractivity contribution in [2.75, 3.05) is 25.5 Å². The molecule has 2 atom stereocenters. The van der Waals surface area contributed by atoms with Gasteiger partial charge in [-0.3, -0.25) is 0 Å². The Morgan fingerprint density at radius 2 is 2.28 bits per heavy atom. The standard InChI is InChI=1S/C14H22ClN3/c1-10-4-5-12(6-13(10)15)17-14(8-16)7-11(2)18(3)9-14/h4-6,11,17H,7-9,16H2,1-3H3. The highest BCUT2D eigenvalue weighted by Crippen LogP contribution is 2.30. The zero-order valence-electron chi connectivity index (χ0n) is 11.3. The zero-order chi connectivity index (χ0) is 13.3. The number of nitrogens with two attached hydrogens (primary N) is 1. The lowest BCUT2D eigenvalue weighted by Crippen LogP contribution is -2.47. The Balaban J connectivity index is 2.18. The minimum Gasteiger partial charge on any atom is -0.377 e. The third kappa shape index (κ3) is 2.63. The molecule has 2 unspecified atom stereocenters. The highest BCUT2D eigenvalue weighted by atomic mass is 35.5. The number of halogens is 1. The van der Waals surface area contributed by atoms with E-state index in [0.29, 0.717) is 12.6 Å². The van der Waals surface area contributed by atoms with Crippen LogP contribution in [0.4, 0.5) is 5.69 Å². The van der Waals surface area contributed by atoms with Gasteiger partial charge in [0.1, 0.15) is 0 Å². The molecule has 3 N–H and O–H groups in total. The van der Waals surface area contributed by atoms with Gasteiger partial charge < -0.3 is 16.0 Å². The molecule has 2 rings (SSSR count). The van der Waals surface area contributed by atoms with E-state index in [1.165, 1.54) is 0 Å². The van der Waals surface area contributed by atoms with Gasteiger partial charge in [0, 0.05) is 29.8 Å². The van der Waals surface area contributed by atoms with Gasteiger partial charge in [0.2, 0.25) is 0 Å². The van der Waals surface area contributed by atoms with Gasteiger partial charge in [-0.1, -0.05) is 17.7 Å². The number of aryl methyl sites for hydroxylation is 1. The Morgan fingerprint density at radius 1 is 1.56 bits per heavy atom. The van der Waals surface area contributed by atoms with Gasteiger partial charge in [-0.05, 0) is 45.0 Å². The van der Waals surface area contributed by atoms with E-state index in [1.54, 1.807) is 0 Å². The molecule has 0 aliphatic carbocycles. The number of hydrogen-bond acceptors (Lipinski definition) is 3. The predicted octanol–water partition coefficient (Wildman–Crippen LogP) is 2.48. The molecule has 0 bridgehead atoms. The van der Waals surface area contributed by atoms with Crippen LogP contribution >= 0.6 is 11.6 Å². The van der Waals surface area contributed by atoms with E-state index >= 15 is 0 Å². The molecule has 1 fully saturated rings. The molecule has 18 heavy (non-hydrogen) atoms. The molecule has 0 aromatic heterocycles. The van der Waals surface area contributed by atoms with Crippen LogP contribution in [-0.4, -0.2) is 36.6 Å². The van der Waals surface area contributed by atoms with Crippen LogP contribution in [0.1, 0.15) is 18.9 Å². The van der Waals surface area contributed by atoms with Gasteiger partial charge >= 0.3 is 0 Å². The van der Waals surface area contributed by atoms with Crippen LogP contribution in [0.15, 0.2) is 18.2 Å². The van der Waals surface area contributed by atoms with Crippen molar-refractivity contribution in [2.24, 2.45) is 5.73 Å². The van der Waals surface area contributed by atoms with Crippen molar-refractivity contribution < 1.29 is 0 Å². The molecule has 1 aliphatic heterocycles. The number of rotatable bonds is 3. The third-order valence-corrected chi connectivity index (χ3v) is 4.37. The van der Waals surface area contributed by atoms with Crippen molar-refractivity contribution in [1.82, 2.24) is 4.90 Å². The molecule has 1 aromatic carbocycles. The number of benzene rings is 1. The number of likely N-dealkylation sites (N-methyl/N-ethyl adjacent to an activating group) is 1. The lowest BCUT2D eigenvalue weighted by Gasteiger charge is -2.30. The fourth-order valence-corrected chi connectivity index (χ4v) is 2.87. The first-order valence-electron chi connectivity index (χ1n) is 6.40. The number of anilines is 1. The second-order valence-electron chi connectivity index (χ2n) is 5.54. The number of nitrogens with zero attached hydrogens (tertiary/aromatic N) is 1. The Morgan fingerprint density at radius 3 is 2.78 bits per heavy atom. The molecule has 1 aliphatic rings. The summed E-state index contributed by atoms with van der Waals surface area (Å²) in [6.45, 7) is 5.85.